The number of nitrogens with zero attached hydrogens (tertiary/aromatic N) is 2. The van der Waals surface area contributed by atoms with Gasteiger partial charge < -0.3 is 5.32 Å². The average molecular weight is 391 g/mol. The first-order chi connectivity index (χ1) is 13.5. The van der Waals surface area contributed by atoms with Crippen molar-refractivity contribution in [2.24, 2.45) is 4.99 Å². The van der Waals surface area contributed by atoms with E-state index in [0.29, 0.717) is 22.6 Å². The first-order valence-electron chi connectivity index (χ1n) is 8.47. The molecule has 2 aromatic carbocycles. The fourth-order valence-electron chi connectivity index (χ4n) is 3.05. The normalized spacial score (nSPS) is 13.2. The van der Waals surface area contributed by atoms with E-state index in [1.807, 2.05) is 6.07 Å². The molecule has 0 saturated carbocycles. The first-order valence-corrected chi connectivity index (χ1v) is 8.92. The fourth-order valence-corrected chi connectivity index (χ4v) is 3.23. The summed E-state index contributed by atoms with van der Waals surface area (Å²) in [5.41, 5.74) is 3.83. The largest absolute Gasteiger partial charge is 0.324 e. The number of hydrogen-bond acceptors (Lipinski definition) is 4. The second-order valence-electron chi connectivity index (χ2n) is 6.23. The molecule has 3 aromatic rings. The molecule has 0 saturated heterocycles. The molecular weight excluding hydrogens is 377 g/mol. The monoisotopic (exact) mass is 391 g/mol. The number of aromatic nitrogens is 1. The first kappa shape index (κ1) is 18.1. The zero-order valence-corrected chi connectivity index (χ0v) is 15.4. The Morgan fingerprint density at radius 2 is 1.82 bits per heavy atom. The van der Waals surface area contributed by atoms with Crippen molar-refractivity contribution in [3.05, 3.63) is 77.9 Å². The van der Waals surface area contributed by atoms with E-state index in [1.165, 1.54) is 18.3 Å². The molecule has 1 aromatic heterocycles. The molecule has 28 heavy (non-hydrogen) atoms. The second-order valence-corrected chi connectivity index (χ2v) is 6.63. The molecule has 0 unspecified atom stereocenters. The Bertz CT molecular complexity index is 1130. The van der Waals surface area contributed by atoms with Crippen LogP contribution in [0.1, 0.15) is 22.5 Å². The summed E-state index contributed by atoms with van der Waals surface area (Å²) in [5.74, 6) is -0.567. The summed E-state index contributed by atoms with van der Waals surface area (Å²) in [7, 11) is 0. The quantitative estimate of drug-likeness (QED) is 0.649. The number of pyridine rings is 1. The molecule has 0 bridgehead atoms. The van der Waals surface area contributed by atoms with Crippen LogP contribution >= 0.6 is 12.6 Å². The molecule has 0 fully saturated rings. The van der Waals surface area contributed by atoms with Crippen molar-refractivity contribution in [1.82, 2.24) is 4.98 Å². The van der Waals surface area contributed by atoms with Crippen LogP contribution in [0.4, 0.5) is 15.8 Å². The van der Waals surface area contributed by atoms with E-state index >= 15 is 0 Å². The lowest BCUT2D eigenvalue weighted by molar-refractivity contribution is -0.115. The molecular formula is C21H14FN3O2S. The zero-order chi connectivity index (χ0) is 19.7. The number of amides is 1. The van der Waals surface area contributed by atoms with Gasteiger partial charge >= 0.3 is 0 Å². The van der Waals surface area contributed by atoms with E-state index in [9.17, 15) is 14.0 Å². The molecule has 0 spiro atoms. The SMILES string of the molecule is O=C1CC(c2cccnc2C(=O)S)=Nc2ccc(-c3ccc(F)cc3)cc2N1. The summed E-state index contributed by atoms with van der Waals surface area (Å²) in [6.07, 6.45) is 1.49. The minimum atomic E-state index is -0.491. The van der Waals surface area contributed by atoms with Crippen molar-refractivity contribution in [2.75, 3.05) is 5.32 Å². The van der Waals surface area contributed by atoms with Gasteiger partial charge in [0.15, 0.2) is 0 Å². The van der Waals surface area contributed by atoms with E-state index < -0.39 is 5.12 Å². The van der Waals surface area contributed by atoms with Gasteiger partial charge in [0.1, 0.15) is 11.5 Å². The molecule has 4 rings (SSSR count). The highest BCUT2D eigenvalue weighted by atomic mass is 32.1. The highest BCUT2D eigenvalue weighted by Gasteiger charge is 2.21. The highest BCUT2D eigenvalue weighted by molar-refractivity contribution is 7.97. The van der Waals surface area contributed by atoms with E-state index in [1.54, 1.807) is 36.4 Å². The number of rotatable bonds is 3. The number of halogens is 1. The van der Waals surface area contributed by atoms with Crippen LogP contribution in [0.25, 0.3) is 11.1 Å². The van der Waals surface area contributed by atoms with Crippen molar-refractivity contribution < 1.29 is 14.0 Å². The van der Waals surface area contributed by atoms with Crippen LogP contribution in [0.15, 0.2) is 65.8 Å². The summed E-state index contributed by atoms with van der Waals surface area (Å²) in [4.78, 5) is 32.9. The molecule has 1 aliphatic rings. The Balaban J connectivity index is 1.80. The van der Waals surface area contributed by atoms with Crippen molar-refractivity contribution in [3.8, 4) is 11.1 Å². The number of carbonyl (C=O) groups excluding carboxylic acids is 2. The van der Waals surface area contributed by atoms with Crippen LogP contribution in [0.5, 0.6) is 0 Å². The van der Waals surface area contributed by atoms with Crippen molar-refractivity contribution in [1.29, 1.82) is 0 Å². The molecule has 1 N–H and O–H groups in total. The summed E-state index contributed by atoms with van der Waals surface area (Å²) >= 11 is 3.86. The fraction of sp³-hybridized carbons (Fsp3) is 0.0476. The van der Waals surface area contributed by atoms with Crippen molar-refractivity contribution in [2.45, 2.75) is 6.42 Å². The van der Waals surface area contributed by atoms with E-state index in [0.717, 1.165) is 11.1 Å². The third kappa shape index (κ3) is 3.57. The van der Waals surface area contributed by atoms with Crippen LogP contribution in [0, 0.1) is 5.82 Å². The van der Waals surface area contributed by atoms with Gasteiger partial charge in [0.25, 0.3) is 0 Å². The van der Waals surface area contributed by atoms with Crippen LogP contribution in [0.2, 0.25) is 0 Å². The maximum absolute atomic E-state index is 13.2. The van der Waals surface area contributed by atoms with Crippen molar-refractivity contribution in [3.63, 3.8) is 0 Å². The second kappa shape index (κ2) is 7.36. The number of nitrogens with one attached hydrogen (secondary N) is 1. The number of aliphatic imine (C=N–C) groups is 1. The summed E-state index contributed by atoms with van der Waals surface area (Å²) in [6, 6.07) is 14.9. The maximum atomic E-state index is 13.2. The third-order valence-electron chi connectivity index (χ3n) is 4.35. The minimum Gasteiger partial charge on any atom is -0.324 e. The standard InChI is InChI=1S/C21H14FN3O2S/c22-14-6-3-12(4-7-14)13-5-8-16-18(10-13)25-19(26)11-17(24-16)15-2-1-9-23-20(15)21(27)28/h1-10H,11H2,(H,25,26)(H,27,28). The number of carbonyl (C=O) groups is 2. The Labute approximate surface area is 165 Å². The van der Waals surface area contributed by atoms with Crippen molar-refractivity contribution >= 4 is 40.7 Å². The zero-order valence-electron chi connectivity index (χ0n) is 14.5. The van der Waals surface area contributed by atoms with Crippen LogP contribution < -0.4 is 5.32 Å². The average Bonchev–Trinajstić information content (AvgIpc) is 2.85. The Hall–Kier alpha value is -3.32. The predicted octanol–water partition coefficient (Wildman–Crippen LogP) is 4.42. The number of anilines is 1. The van der Waals surface area contributed by atoms with Gasteiger partial charge in [-0.25, -0.2) is 4.39 Å². The number of hydrogen-bond donors (Lipinski definition) is 2. The lowest BCUT2D eigenvalue weighted by Crippen LogP contribution is -2.17. The maximum Gasteiger partial charge on any atom is 0.235 e. The topological polar surface area (TPSA) is 71.4 Å². The van der Waals surface area contributed by atoms with Gasteiger partial charge in [-0.15, -0.1) is 0 Å². The minimum absolute atomic E-state index is 0.000310. The van der Waals surface area contributed by atoms with Crippen LogP contribution in [-0.2, 0) is 4.79 Å². The molecule has 1 aliphatic heterocycles. The van der Waals surface area contributed by atoms with Gasteiger partial charge in [0, 0.05) is 11.8 Å². The summed E-state index contributed by atoms with van der Waals surface area (Å²) in [6.45, 7) is 0. The lowest BCUT2D eigenvalue weighted by atomic mass is 10.0. The van der Waals surface area contributed by atoms with E-state index in [2.05, 4.69) is 27.9 Å². The molecule has 7 heteroatoms. The smallest absolute Gasteiger partial charge is 0.235 e. The molecule has 0 aliphatic carbocycles. The molecule has 0 radical (unpaired) electrons. The summed E-state index contributed by atoms with van der Waals surface area (Å²) in [5, 5.41) is 2.35. The van der Waals surface area contributed by atoms with E-state index in [-0.39, 0.29) is 23.8 Å². The van der Waals surface area contributed by atoms with Gasteiger partial charge in [0.05, 0.1) is 23.5 Å². The Kier molecular flexibility index (Phi) is 4.75. The molecule has 5 nitrogen and oxygen atoms in total. The predicted molar refractivity (Wildman–Crippen MR) is 109 cm³/mol. The van der Waals surface area contributed by atoms with Gasteiger partial charge in [-0.2, -0.15) is 0 Å². The number of benzene rings is 2. The Morgan fingerprint density at radius 1 is 1.07 bits per heavy atom. The van der Waals surface area contributed by atoms with Crippen LogP contribution in [0.3, 0.4) is 0 Å². The van der Waals surface area contributed by atoms with Crippen LogP contribution in [-0.4, -0.2) is 21.7 Å². The molecule has 1 amide bonds. The molecule has 0 atom stereocenters. The van der Waals surface area contributed by atoms with Gasteiger partial charge in [-0.1, -0.05) is 30.8 Å². The van der Waals surface area contributed by atoms with Gasteiger partial charge in [-0.3, -0.25) is 19.6 Å². The lowest BCUT2D eigenvalue weighted by Gasteiger charge is -2.08. The Morgan fingerprint density at radius 3 is 2.57 bits per heavy atom. The third-order valence-corrected chi connectivity index (χ3v) is 4.56. The van der Waals surface area contributed by atoms with Gasteiger partial charge in [0.2, 0.25) is 11.0 Å². The van der Waals surface area contributed by atoms with E-state index in [4.69, 9.17) is 0 Å². The molecule has 138 valence electrons. The number of fused-ring (bicyclic) bond motifs is 1. The molecule has 2 heterocycles. The highest BCUT2D eigenvalue weighted by Crippen LogP contribution is 2.34. The summed E-state index contributed by atoms with van der Waals surface area (Å²) < 4.78 is 13.2. The number of thiol groups is 1. The van der Waals surface area contributed by atoms with Gasteiger partial charge in [-0.05, 0) is 47.5 Å².